The summed E-state index contributed by atoms with van der Waals surface area (Å²) in [4.78, 5) is 10.9. The van der Waals surface area contributed by atoms with Crippen LogP contribution >= 0.6 is 15.9 Å². The molecule has 0 atom stereocenters. The highest BCUT2D eigenvalue weighted by Crippen LogP contribution is 1.96. The highest BCUT2D eigenvalue weighted by Gasteiger charge is 1.92. The van der Waals surface area contributed by atoms with Crippen LogP contribution in [0.5, 0.6) is 0 Å². The molecule has 58 valence electrons. The van der Waals surface area contributed by atoms with Gasteiger partial charge in [0.2, 0.25) is 0 Å². The lowest BCUT2D eigenvalue weighted by Crippen LogP contribution is -1.90. The smallest absolute Gasteiger partial charge is 0.155 e. The van der Waals surface area contributed by atoms with Crippen LogP contribution in [0.3, 0.4) is 0 Å². The fourth-order valence-corrected chi connectivity index (χ4v) is 0.797. The van der Waals surface area contributed by atoms with Crippen molar-refractivity contribution in [2.75, 3.05) is 5.33 Å². The van der Waals surface area contributed by atoms with E-state index >= 15 is 0 Å². The van der Waals surface area contributed by atoms with Gasteiger partial charge in [0.1, 0.15) is 0 Å². The van der Waals surface area contributed by atoms with Crippen molar-refractivity contribution in [1.82, 2.24) is 0 Å². The normalized spacial score (nSPS) is 10.6. The summed E-state index contributed by atoms with van der Waals surface area (Å²) in [6.07, 6.45) is 6.27. The van der Waals surface area contributed by atoms with Crippen LogP contribution in [0.25, 0.3) is 0 Å². The first-order chi connectivity index (χ1) is 4.81. The van der Waals surface area contributed by atoms with E-state index in [4.69, 9.17) is 0 Å². The number of halogens is 1. The van der Waals surface area contributed by atoms with Gasteiger partial charge in [0.05, 0.1) is 0 Å². The average Bonchev–Trinajstić information content (AvgIpc) is 1.97. The molecule has 0 aromatic carbocycles. The first-order valence-electron chi connectivity index (χ1n) is 3.56. The molecule has 0 aliphatic heterocycles. The predicted octanol–water partition coefficient (Wildman–Crippen LogP) is 2.70. The predicted molar refractivity (Wildman–Crippen MR) is 47.5 cm³/mol. The maximum atomic E-state index is 10.9. The Bertz CT molecular complexity index is 118. The highest BCUT2D eigenvalue weighted by molar-refractivity contribution is 9.09. The van der Waals surface area contributed by atoms with E-state index in [1.54, 1.807) is 6.08 Å². The van der Waals surface area contributed by atoms with E-state index in [-0.39, 0.29) is 5.78 Å². The molecule has 0 amide bonds. The monoisotopic (exact) mass is 204 g/mol. The van der Waals surface area contributed by atoms with Crippen molar-refractivity contribution < 1.29 is 4.79 Å². The zero-order valence-corrected chi connectivity index (χ0v) is 7.86. The second-order valence-corrected chi connectivity index (χ2v) is 2.77. The van der Waals surface area contributed by atoms with Crippen molar-refractivity contribution in [3.05, 3.63) is 12.2 Å². The second-order valence-electron chi connectivity index (χ2n) is 2.13. The molecule has 2 heteroatoms. The number of rotatable bonds is 5. The molecule has 1 nitrogen and oxygen atoms in total. The van der Waals surface area contributed by atoms with E-state index in [0.717, 1.165) is 18.2 Å². The third-order valence-electron chi connectivity index (χ3n) is 1.17. The summed E-state index contributed by atoms with van der Waals surface area (Å²) in [6.45, 7) is 2.08. The quantitative estimate of drug-likeness (QED) is 0.498. The van der Waals surface area contributed by atoms with Gasteiger partial charge >= 0.3 is 0 Å². The molecule has 0 spiro atoms. The summed E-state index contributed by atoms with van der Waals surface area (Å²) in [5, 5.41) is 0.769. The summed E-state index contributed by atoms with van der Waals surface area (Å²) in [5.74, 6) is 0.237. The number of ketones is 1. The Kier molecular flexibility index (Phi) is 6.93. The minimum absolute atomic E-state index is 0.237. The second kappa shape index (κ2) is 7.00. The Balaban J connectivity index is 3.34. The number of carbonyl (C=O) groups excluding carboxylic acids is 1. The Morgan fingerprint density at radius 2 is 2.30 bits per heavy atom. The van der Waals surface area contributed by atoms with E-state index in [1.807, 2.05) is 6.08 Å². The van der Waals surface area contributed by atoms with Gasteiger partial charge in [0.25, 0.3) is 0 Å². The van der Waals surface area contributed by atoms with Crippen LogP contribution in [0.2, 0.25) is 0 Å². The summed E-state index contributed by atoms with van der Waals surface area (Å²) in [5.41, 5.74) is 0. The summed E-state index contributed by atoms with van der Waals surface area (Å²) in [7, 11) is 0. The Morgan fingerprint density at radius 1 is 1.60 bits per heavy atom. The van der Waals surface area contributed by atoms with Gasteiger partial charge < -0.3 is 0 Å². The zero-order chi connectivity index (χ0) is 7.82. The molecule has 0 heterocycles. The van der Waals surface area contributed by atoms with Crippen molar-refractivity contribution in [1.29, 1.82) is 0 Å². The maximum Gasteiger partial charge on any atom is 0.155 e. The SMILES string of the molecule is CCCCC(=O)/C=C/CBr. The van der Waals surface area contributed by atoms with Crippen LogP contribution in [0.15, 0.2) is 12.2 Å². The van der Waals surface area contributed by atoms with Gasteiger partial charge in [0.15, 0.2) is 5.78 Å². The van der Waals surface area contributed by atoms with E-state index in [2.05, 4.69) is 22.9 Å². The third kappa shape index (κ3) is 6.02. The molecule has 10 heavy (non-hydrogen) atoms. The van der Waals surface area contributed by atoms with Gasteiger partial charge in [-0.3, -0.25) is 4.79 Å². The lowest BCUT2D eigenvalue weighted by atomic mass is 10.2. The molecule has 0 saturated carbocycles. The number of unbranched alkanes of at least 4 members (excludes halogenated alkanes) is 1. The van der Waals surface area contributed by atoms with E-state index in [0.29, 0.717) is 6.42 Å². The number of hydrogen-bond donors (Lipinski definition) is 0. The topological polar surface area (TPSA) is 17.1 Å². The molecular weight excluding hydrogens is 192 g/mol. The fourth-order valence-electron chi connectivity index (χ4n) is 0.610. The number of allylic oxidation sites excluding steroid dienone is 2. The zero-order valence-electron chi connectivity index (χ0n) is 6.27. The Hall–Kier alpha value is -0.110. The molecule has 0 radical (unpaired) electrons. The van der Waals surface area contributed by atoms with E-state index in [1.165, 1.54) is 0 Å². The van der Waals surface area contributed by atoms with Crippen molar-refractivity contribution in [3.63, 3.8) is 0 Å². The third-order valence-corrected chi connectivity index (χ3v) is 1.54. The van der Waals surface area contributed by atoms with Gasteiger partial charge in [-0.1, -0.05) is 35.4 Å². The molecule has 0 fully saturated rings. The highest BCUT2D eigenvalue weighted by atomic mass is 79.9. The van der Waals surface area contributed by atoms with Crippen LogP contribution < -0.4 is 0 Å². The standard InChI is InChI=1S/C8H13BrO/c1-2-3-5-8(10)6-4-7-9/h4,6H,2-3,5,7H2,1H3/b6-4+. The van der Waals surface area contributed by atoms with Gasteiger partial charge in [-0.2, -0.15) is 0 Å². The summed E-state index contributed by atoms with van der Waals surface area (Å²) in [6, 6.07) is 0. The molecule has 0 saturated heterocycles. The molecule has 0 unspecified atom stereocenters. The van der Waals surface area contributed by atoms with Crippen molar-refractivity contribution in [2.45, 2.75) is 26.2 Å². The lowest BCUT2D eigenvalue weighted by Gasteiger charge is -1.89. The van der Waals surface area contributed by atoms with Crippen molar-refractivity contribution in [3.8, 4) is 0 Å². The first-order valence-corrected chi connectivity index (χ1v) is 4.68. The molecular formula is C8H13BrO. The number of carbonyl (C=O) groups is 1. The van der Waals surface area contributed by atoms with Crippen LogP contribution in [-0.4, -0.2) is 11.1 Å². The molecule has 0 aliphatic carbocycles. The lowest BCUT2D eigenvalue weighted by molar-refractivity contribution is -0.114. The van der Waals surface area contributed by atoms with Crippen molar-refractivity contribution >= 4 is 21.7 Å². The Morgan fingerprint density at radius 3 is 2.80 bits per heavy atom. The van der Waals surface area contributed by atoms with E-state index in [9.17, 15) is 4.79 Å². The fraction of sp³-hybridized carbons (Fsp3) is 0.625. The largest absolute Gasteiger partial charge is 0.295 e. The van der Waals surface area contributed by atoms with Gasteiger partial charge in [-0.15, -0.1) is 0 Å². The van der Waals surface area contributed by atoms with Crippen LogP contribution in [-0.2, 0) is 4.79 Å². The average molecular weight is 205 g/mol. The maximum absolute atomic E-state index is 10.9. The summed E-state index contributed by atoms with van der Waals surface area (Å²) < 4.78 is 0. The number of hydrogen-bond acceptors (Lipinski definition) is 1. The minimum Gasteiger partial charge on any atom is -0.295 e. The van der Waals surface area contributed by atoms with Crippen LogP contribution in [0.4, 0.5) is 0 Å². The Labute approximate surface area is 70.6 Å². The van der Waals surface area contributed by atoms with E-state index < -0.39 is 0 Å². The van der Waals surface area contributed by atoms with Gasteiger partial charge in [-0.25, -0.2) is 0 Å². The molecule has 0 bridgehead atoms. The number of alkyl halides is 1. The van der Waals surface area contributed by atoms with Gasteiger partial charge in [0, 0.05) is 11.8 Å². The molecule has 0 aliphatic rings. The minimum atomic E-state index is 0.237. The van der Waals surface area contributed by atoms with Gasteiger partial charge in [-0.05, 0) is 12.5 Å². The summed E-state index contributed by atoms with van der Waals surface area (Å²) >= 11 is 3.21. The van der Waals surface area contributed by atoms with Crippen LogP contribution in [0.1, 0.15) is 26.2 Å². The molecule has 0 rings (SSSR count). The molecule has 0 aromatic heterocycles. The van der Waals surface area contributed by atoms with Crippen molar-refractivity contribution in [2.24, 2.45) is 0 Å². The molecule has 0 N–H and O–H groups in total. The van der Waals surface area contributed by atoms with Crippen LogP contribution in [0, 0.1) is 0 Å². The molecule has 0 aromatic rings. The first kappa shape index (κ1) is 9.89.